The molecule has 0 heterocycles. The lowest BCUT2D eigenvalue weighted by Gasteiger charge is -2.23. The van der Waals surface area contributed by atoms with Gasteiger partial charge in [-0.15, -0.1) is 0 Å². The van der Waals surface area contributed by atoms with Gasteiger partial charge in [-0.05, 0) is 26.7 Å². The first-order chi connectivity index (χ1) is 8.90. The summed E-state index contributed by atoms with van der Waals surface area (Å²) in [4.78, 5) is 11.6. The highest BCUT2D eigenvalue weighted by atomic mass is 35.5. The maximum Gasteiger partial charge on any atom is 0.314 e. The van der Waals surface area contributed by atoms with E-state index in [0.717, 1.165) is 5.56 Å². The van der Waals surface area contributed by atoms with Crippen molar-refractivity contribution in [2.45, 2.75) is 32.1 Å². The number of carboxylic acid groups (broad SMARTS) is 1. The second-order valence-corrected chi connectivity index (χ2v) is 5.27. The molecule has 0 aliphatic heterocycles. The summed E-state index contributed by atoms with van der Waals surface area (Å²) in [6, 6.07) is 0. The maximum atomic E-state index is 11.6. The zero-order chi connectivity index (χ0) is 14.4. The van der Waals surface area contributed by atoms with Crippen molar-refractivity contribution >= 4 is 17.6 Å². The van der Waals surface area contributed by atoms with Gasteiger partial charge < -0.3 is 14.6 Å². The van der Waals surface area contributed by atoms with Crippen molar-refractivity contribution in [1.29, 1.82) is 0 Å². The van der Waals surface area contributed by atoms with Gasteiger partial charge in [0, 0.05) is 16.7 Å². The minimum absolute atomic E-state index is 0.474. The first kappa shape index (κ1) is 14.0. The van der Waals surface area contributed by atoms with Crippen LogP contribution in [0.5, 0.6) is 11.5 Å². The Labute approximate surface area is 117 Å². The fraction of sp³-hybridized carbons (Fsp3) is 0.500. The molecule has 4 nitrogen and oxygen atoms in total. The molecule has 0 spiro atoms. The third-order valence-corrected chi connectivity index (χ3v) is 4.31. The number of halogens is 1. The van der Waals surface area contributed by atoms with Crippen LogP contribution in [0, 0.1) is 13.8 Å². The van der Waals surface area contributed by atoms with E-state index in [9.17, 15) is 9.90 Å². The molecule has 1 N–H and O–H groups in total. The third kappa shape index (κ3) is 1.86. The highest BCUT2D eigenvalue weighted by molar-refractivity contribution is 6.33. The Balaban J connectivity index is 2.79. The lowest BCUT2D eigenvalue weighted by molar-refractivity contribution is -0.140. The smallest absolute Gasteiger partial charge is 0.314 e. The molecule has 0 bridgehead atoms. The molecule has 1 aromatic rings. The molecular formula is C14H17ClO4. The molecule has 1 aliphatic rings. The Bertz CT molecular complexity index is 547. The number of hydrogen-bond acceptors (Lipinski definition) is 3. The standard InChI is InChI=1S/C14H17ClO4/c1-7-9(14(5-6-14)13(16)17)11(18-3)8(2)10(15)12(7)19-4/h5-6H2,1-4H3,(H,16,17). The van der Waals surface area contributed by atoms with Gasteiger partial charge in [0.2, 0.25) is 0 Å². The number of aliphatic carboxylic acids is 1. The zero-order valence-electron chi connectivity index (χ0n) is 11.5. The maximum absolute atomic E-state index is 11.6. The molecule has 0 saturated heterocycles. The Hall–Kier alpha value is -1.42. The highest BCUT2D eigenvalue weighted by Crippen LogP contribution is 2.56. The van der Waals surface area contributed by atoms with Gasteiger partial charge in [0.05, 0.1) is 24.7 Å². The van der Waals surface area contributed by atoms with E-state index in [1.54, 1.807) is 0 Å². The van der Waals surface area contributed by atoms with Gasteiger partial charge in [-0.25, -0.2) is 0 Å². The van der Waals surface area contributed by atoms with Crippen LogP contribution in [0.25, 0.3) is 0 Å². The predicted octanol–water partition coefficient (Wildman–Crippen LogP) is 3.09. The molecular weight excluding hydrogens is 268 g/mol. The molecule has 0 atom stereocenters. The number of benzene rings is 1. The molecule has 1 aliphatic carbocycles. The highest BCUT2D eigenvalue weighted by Gasteiger charge is 2.55. The Morgan fingerprint density at radius 3 is 2.05 bits per heavy atom. The summed E-state index contributed by atoms with van der Waals surface area (Å²) in [5.74, 6) is 0.267. The average molecular weight is 285 g/mol. The fourth-order valence-electron chi connectivity index (χ4n) is 2.68. The third-order valence-electron chi connectivity index (χ3n) is 3.86. The van der Waals surface area contributed by atoms with E-state index in [4.69, 9.17) is 21.1 Å². The van der Waals surface area contributed by atoms with Crippen LogP contribution in [0.4, 0.5) is 0 Å². The number of hydrogen-bond donors (Lipinski definition) is 1. The minimum atomic E-state index is -0.849. The van der Waals surface area contributed by atoms with Gasteiger partial charge in [0.1, 0.15) is 11.5 Å². The summed E-state index contributed by atoms with van der Waals surface area (Å²) in [5, 5.41) is 9.97. The average Bonchev–Trinajstić information content (AvgIpc) is 3.15. The Morgan fingerprint density at radius 2 is 1.68 bits per heavy atom. The molecule has 1 fully saturated rings. The van der Waals surface area contributed by atoms with Gasteiger partial charge in [-0.3, -0.25) is 4.79 Å². The van der Waals surface area contributed by atoms with Gasteiger partial charge in [-0.2, -0.15) is 0 Å². The summed E-state index contributed by atoms with van der Waals surface area (Å²) in [5.41, 5.74) is 1.31. The molecule has 0 aromatic heterocycles. The normalized spacial score (nSPS) is 16.1. The van der Waals surface area contributed by atoms with Gasteiger partial charge in [-0.1, -0.05) is 11.6 Å². The van der Waals surface area contributed by atoms with Crippen LogP contribution < -0.4 is 9.47 Å². The molecule has 0 amide bonds. The van der Waals surface area contributed by atoms with E-state index in [1.165, 1.54) is 14.2 Å². The molecule has 1 aromatic carbocycles. The van der Waals surface area contributed by atoms with E-state index in [2.05, 4.69) is 0 Å². The van der Waals surface area contributed by atoms with E-state index < -0.39 is 11.4 Å². The molecule has 1 saturated carbocycles. The van der Waals surface area contributed by atoms with E-state index >= 15 is 0 Å². The van der Waals surface area contributed by atoms with E-state index in [1.807, 2.05) is 13.8 Å². The topological polar surface area (TPSA) is 55.8 Å². The van der Waals surface area contributed by atoms with Crippen molar-refractivity contribution in [3.63, 3.8) is 0 Å². The van der Waals surface area contributed by atoms with Gasteiger partial charge in [0.25, 0.3) is 0 Å². The summed E-state index contributed by atoms with van der Waals surface area (Å²) in [6.45, 7) is 3.63. The quantitative estimate of drug-likeness (QED) is 0.923. The lowest BCUT2D eigenvalue weighted by Crippen LogP contribution is -2.22. The van der Waals surface area contributed by atoms with Crippen molar-refractivity contribution in [2.75, 3.05) is 14.2 Å². The SMILES string of the molecule is COc1c(C)c(C2(C(=O)O)CC2)c(OC)c(C)c1Cl. The van der Waals surface area contributed by atoms with Crippen LogP contribution in [-0.4, -0.2) is 25.3 Å². The summed E-state index contributed by atoms with van der Waals surface area (Å²) in [6.07, 6.45) is 1.23. The van der Waals surface area contributed by atoms with Crippen LogP contribution in [0.15, 0.2) is 0 Å². The molecule has 0 unspecified atom stereocenters. The zero-order valence-corrected chi connectivity index (χ0v) is 12.2. The molecule has 0 radical (unpaired) electrons. The largest absolute Gasteiger partial charge is 0.496 e. The van der Waals surface area contributed by atoms with Crippen molar-refractivity contribution < 1.29 is 19.4 Å². The second kappa shape index (κ2) is 4.60. The summed E-state index contributed by atoms with van der Waals surface area (Å²) >= 11 is 6.25. The Kier molecular flexibility index (Phi) is 3.39. The Morgan fingerprint density at radius 1 is 1.16 bits per heavy atom. The van der Waals surface area contributed by atoms with Gasteiger partial charge >= 0.3 is 5.97 Å². The molecule has 5 heteroatoms. The molecule has 104 valence electrons. The van der Waals surface area contributed by atoms with Crippen LogP contribution >= 0.6 is 11.6 Å². The van der Waals surface area contributed by atoms with Crippen LogP contribution in [0.1, 0.15) is 29.5 Å². The summed E-state index contributed by atoms with van der Waals surface area (Å²) < 4.78 is 10.7. The van der Waals surface area contributed by atoms with Crippen LogP contribution in [0.2, 0.25) is 5.02 Å². The second-order valence-electron chi connectivity index (χ2n) is 4.89. The minimum Gasteiger partial charge on any atom is -0.496 e. The lowest BCUT2D eigenvalue weighted by atomic mass is 9.88. The van der Waals surface area contributed by atoms with Crippen LogP contribution in [0.3, 0.4) is 0 Å². The number of ether oxygens (including phenoxy) is 2. The van der Waals surface area contributed by atoms with Gasteiger partial charge in [0.15, 0.2) is 0 Å². The molecule has 2 rings (SSSR count). The first-order valence-electron chi connectivity index (χ1n) is 6.05. The van der Waals surface area contributed by atoms with E-state index in [0.29, 0.717) is 40.5 Å². The molecule has 19 heavy (non-hydrogen) atoms. The number of methoxy groups -OCH3 is 2. The van der Waals surface area contributed by atoms with Crippen molar-refractivity contribution in [2.24, 2.45) is 0 Å². The number of carboxylic acids is 1. The fourth-order valence-corrected chi connectivity index (χ4v) is 2.98. The summed E-state index contributed by atoms with van der Waals surface area (Å²) in [7, 11) is 3.07. The van der Waals surface area contributed by atoms with E-state index in [-0.39, 0.29) is 0 Å². The van der Waals surface area contributed by atoms with Crippen molar-refractivity contribution in [3.8, 4) is 11.5 Å². The van der Waals surface area contributed by atoms with Crippen molar-refractivity contribution in [3.05, 3.63) is 21.7 Å². The number of carbonyl (C=O) groups is 1. The van der Waals surface area contributed by atoms with Crippen molar-refractivity contribution in [1.82, 2.24) is 0 Å². The predicted molar refractivity (Wildman–Crippen MR) is 72.6 cm³/mol. The van der Waals surface area contributed by atoms with Crippen LogP contribution in [-0.2, 0) is 10.2 Å². The first-order valence-corrected chi connectivity index (χ1v) is 6.43. The number of rotatable bonds is 4. The monoisotopic (exact) mass is 284 g/mol.